The van der Waals surface area contributed by atoms with Crippen molar-refractivity contribution in [2.24, 2.45) is 0 Å². The Morgan fingerprint density at radius 3 is 2.96 bits per heavy atom. The molecular formula is C18H17N3O2S. The smallest absolute Gasteiger partial charge is 0.260 e. The fourth-order valence-electron chi connectivity index (χ4n) is 3.19. The van der Waals surface area contributed by atoms with E-state index in [9.17, 15) is 9.59 Å². The van der Waals surface area contributed by atoms with Crippen LogP contribution in [0.4, 0.5) is 0 Å². The molecule has 1 aromatic carbocycles. The minimum absolute atomic E-state index is 0.192. The Balaban J connectivity index is 1.58. The number of aromatic amines is 1. The average molecular weight is 339 g/mol. The highest BCUT2D eigenvalue weighted by molar-refractivity contribution is 7.18. The first kappa shape index (κ1) is 15.1. The molecule has 1 atom stereocenters. The van der Waals surface area contributed by atoms with Gasteiger partial charge in [-0.25, -0.2) is 4.98 Å². The molecule has 1 saturated heterocycles. The van der Waals surface area contributed by atoms with E-state index in [4.69, 9.17) is 4.98 Å². The number of para-hydroxylation sites is 1. The van der Waals surface area contributed by atoms with Gasteiger partial charge in [-0.1, -0.05) is 12.1 Å². The Morgan fingerprint density at radius 1 is 1.25 bits per heavy atom. The molecule has 1 amide bonds. The summed E-state index contributed by atoms with van der Waals surface area (Å²) in [7, 11) is 0. The van der Waals surface area contributed by atoms with E-state index in [1.165, 1.54) is 4.70 Å². The fraction of sp³-hybridized carbons (Fsp3) is 0.278. The Morgan fingerprint density at radius 2 is 2.12 bits per heavy atom. The number of benzene rings is 1. The molecule has 24 heavy (non-hydrogen) atoms. The van der Waals surface area contributed by atoms with Crippen LogP contribution in [0.3, 0.4) is 0 Å². The second-order valence-electron chi connectivity index (χ2n) is 6.02. The van der Waals surface area contributed by atoms with Crippen molar-refractivity contribution in [3.05, 3.63) is 63.5 Å². The third-order valence-electron chi connectivity index (χ3n) is 4.42. The van der Waals surface area contributed by atoms with Crippen molar-refractivity contribution in [2.75, 3.05) is 13.1 Å². The van der Waals surface area contributed by atoms with E-state index in [1.807, 2.05) is 18.2 Å². The van der Waals surface area contributed by atoms with Gasteiger partial charge in [0.25, 0.3) is 11.5 Å². The van der Waals surface area contributed by atoms with Gasteiger partial charge in [-0.2, -0.15) is 0 Å². The maximum absolute atomic E-state index is 12.7. The number of nitrogens with zero attached hydrogens (tertiary/aromatic N) is 2. The van der Waals surface area contributed by atoms with Gasteiger partial charge in [0.05, 0.1) is 15.2 Å². The molecule has 5 nitrogen and oxygen atoms in total. The maximum atomic E-state index is 12.7. The molecule has 2 aromatic heterocycles. The SMILES string of the molecule is O=C(c1ccc[nH]c1=O)N1CCC[C@@H](c2nc3ccccc3s2)C1. The number of nitrogens with one attached hydrogen (secondary N) is 1. The molecule has 6 heteroatoms. The van der Waals surface area contributed by atoms with Crippen LogP contribution in [0.5, 0.6) is 0 Å². The number of amides is 1. The van der Waals surface area contributed by atoms with Crippen LogP contribution in [0.25, 0.3) is 10.2 Å². The highest BCUT2D eigenvalue weighted by Gasteiger charge is 2.28. The van der Waals surface area contributed by atoms with E-state index in [0.717, 1.165) is 23.4 Å². The lowest BCUT2D eigenvalue weighted by molar-refractivity contribution is 0.0705. The molecule has 0 spiro atoms. The number of fused-ring (bicyclic) bond motifs is 1. The van der Waals surface area contributed by atoms with Gasteiger partial charge in [0, 0.05) is 25.2 Å². The molecule has 1 aliphatic heterocycles. The Kier molecular flexibility index (Phi) is 3.90. The molecule has 0 radical (unpaired) electrons. The maximum Gasteiger partial charge on any atom is 0.260 e. The molecule has 0 unspecified atom stereocenters. The van der Waals surface area contributed by atoms with Crippen LogP contribution in [0.2, 0.25) is 0 Å². The highest BCUT2D eigenvalue weighted by Crippen LogP contribution is 2.33. The number of pyridine rings is 1. The second kappa shape index (κ2) is 6.20. The third kappa shape index (κ3) is 2.73. The zero-order valence-electron chi connectivity index (χ0n) is 13.1. The summed E-state index contributed by atoms with van der Waals surface area (Å²) in [6.07, 6.45) is 3.49. The summed E-state index contributed by atoms with van der Waals surface area (Å²) in [6.45, 7) is 1.31. The summed E-state index contributed by atoms with van der Waals surface area (Å²) in [5.74, 6) is 0.0468. The third-order valence-corrected chi connectivity index (χ3v) is 5.62. The quantitative estimate of drug-likeness (QED) is 0.780. The van der Waals surface area contributed by atoms with E-state index >= 15 is 0 Å². The number of likely N-dealkylation sites (tertiary alicyclic amines) is 1. The van der Waals surface area contributed by atoms with Gasteiger partial charge in [-0.15, -0.1) is 11.3 Å². The zero-order valence-corrected chi connectivity index (χ0v) is 13.9. The lowest BCUT2D eigenvalue weighted by Crippen LogP contribution is -2.41. The van der Waals surface area contributed by atoms with Gasteiger partial charge in [-0.3, -0.25) is 9.59 Å². The first-order valence-corrected chi connectivity index (χ1v) is 8.86. The van der Waals surface area contributed by atoms with Crippen molar-refractivity contribution in [3.63, 3.8) is 0 Å². The standard InChI is InChI=1S/C18H17N3O2S/c22-16-13(6-3-9-19-16)18(23)21-10-4-5-12(11-21)17-20-14-7-1-2-8-15(14)24-17/h1-3,6-9,12H,4-5,10-11H2,(H,19,22)/t12-/m1/s1. The first-order chi connectivity index (χ1) is 11.7. The molecular weight excluding hydrogens is 322 g/mol. The number of aromatic nitrogens is 2. The van der Waals surface area contributed by atoms with Gasteiger partial charge >= 0.3 is 0 Å². The van der Waals surface area contributed by atoms with Gasteiger partial charge in [0.1, 0.15) is 5.56 Å². The number of hydrogen-bond acceptors (Lipinski definition) is 4. The number of H-pyrrole nitrogens is 1. The summed E-state index contributed by atoms with van der Waals surface area (Å²) in [5, 5.41) is 1.08. The molecule has 1 N–H and O–H groups in total. The molecule has 122 valence electrons. The summed E-state index contributed by atoms with van der Waals surface area (Å²) in [6, 6.07) is 11.4. The molecule has 3 aromatic rings. The predicted molar refractivity (Wildman–Crippen MR) is 94.6 cm³/mol. The second-order valence-corrected chi connectivity index (χ2v) is 7.09. The van der Waals surface area contributed by atoms with Crippen LogP contribution >= 0.6 is 11.3 Å². The Labute approximate surface area is 143 Å². The van der Waals surface area contributed by atoms with Gasteiger partial charge in [0.15, 0.2) is 0 Å². The summed E-state index contributed by atoms with van der Waals surface area (Å²) in [5.41, 5.74) is 0.896. The van der Waals surface area contributed by atoms with Crippen molar-refractivity contribution in [1.82, 2.24) is 14.9 Å². The number of rotatable bonds is 2. The number of carbonyl (C=O) groups excluding carboxylic acids is 1. The van der Waals surface area contributed by atoms with Crippen molar-refractivity contribution < 1.29 is 4.79 Å². The minimum Gasteiger partial charge on any atom is -0.338 e. The summed E-state index contributed by atoms with van der Waals surface area (Å²) >= 11 is 1.70. The van der Waals surface area contributed by atoms with E-state index in [2.05, 4.69) is 11.1 Å². The topological polar surface area (TPSA) is 66.1 Å². The lowest BCUT2D eigenvalue weighted by atomic mass is 9.98. The molecule has 0 aliphatic carbocycles. The Hall–Kier alpha value is -2.47. The van der Waals surface area contributed by atoms with Crippen LogP contribution in [0, 0.1) is 0 Å². The van der Waals surface area contributed by atoms with Gasteiger partial charge in [-0.05, 0) is 37.1 Å². The van der Waals surface area contributed by atoms with E-state index < -0.39 is 0 Å². The fourth-order valence-corrected chi connectivity index (χ4v) is 4.28. The molecule has 3 heterocycles. The van der Waals surface area contributed by atoms with Crippen LogP contribution in [0.1, 0.15) is 34.1 Å². The van der Waals surface area contributed by atoms with Crippen molar-refractivity contribution in [1.29, 1.82) is 0 Å². The summed E-state index contributed by atoms with van der Waals surface area (Å²) < 4.78 is 1.18. The van der Waals surface area contributed by atoms with Crippen molar-refractivity contribution in [2.45, 2.75) is 18.8 Å². The lowest BCUT2D eigenvalue weighted by Gasteiger charge is -2.31. The first-order valence-electron chi connectivity index (χ1n) is 8.05. The van der Waals surface area contributed by atoms with Gasteiger partial charge in [0.2, 0.25) is 0 Å². The molecule has 4 rings (SSSR count). The highest BCUT2D eigenvalue weighted by atomic mass is 32.1. The molecule has 0 bridgehead atoms. The molecule has 1 fully saturated rings. The van der Waals surface area contributed by atoms with Crippen LogP contribution in [0.15, 0.2) is 47.4 Å². The largest absolute Gasteiger partial charge is 0.338 e. The Bertz CT molecular complexity index is 913. The van der Waals surface area contributed by atoms with E-state index in [-0.39, 0.29) is 22.9 Å². The molecule has 1 aliphatic rings. The van der Waals surface area contributed by atoms with Crippen molar-refractivity contribution in [3.8, 4) is 0 Å². The molecule has 0 saturated carbocycles. The zero-order chi connectivity index (χ0) is 16.5. The van der Waals surface area contributed by atoms with Crippen LogP contribution < -0.4 is 5.56 Å². The number of carbonyl (C=O) groups is 1. The number of thiazole rings is 1. The number of hydrogen-bond donors (Lipinski definition) is 1. The normalized spacial score (nSPS) is 18.0. The van der Waals surface area contributed by atoms with E-state index in [1.54, 1.807) is 34.6 Å². The van der Waals surface area contributed by atoms with Gasteiger partial charge < -0.3 is 9.88 Å². The predicted octanol–water partition coefficient (Wildman–Crippen LogP) is 3.00. The van der Waals surface area contributed by atoms with Crippen LogP contribution in [-0.4, -0.2) is 33.9 Å². The van der Waals surface area contributed by atoms with Crippen LogP contribution in [-0.2, 0) is 0 Å². The summed E-state index contributed by atoms with van der Waals surface area (Å²) in [4.78, 5) is 33.6. The number of piperidine rings is 1. The van der Waals surface area contributed by atoms with E-state index in [0.29, 0.717) is 13.1 Å². The monoisotopic (exact) mass is 339 g/mol. The van der Waals surface area contributed by atoms with Crippen molar-refractivity contribution >= 4 is 27.5 Å². The average Bonchev–Trinajstić information content (AvgIpc) is 3.06. The minimum atomic E-state index is -0.329.